The first-order valence-electron chi connectivity index (χ1n) is 5.40. The van der Waals surface area contributed by atoms with Gasteiger partial charge in [0.15, 0.2) is 0 Å². The van der Waals surface area contributed by atoms with Gasteiger partial charge in [0.25, 0.3) is 0 Å². The van der Waals surface area contributed by atoms with Gasteiger partial charge in [-0.15, -0.1) is 24.2 Å². The molecule has 4 heteroatoms. The first kappa shape index (κ1) is 13.7. The zero-order valence-electron chi connectivity index (χ0n) is 9.44. The van der Waals surface area contributed by atoms with Gasteiger partial charge < -0.3 is 10.1 Å². The smallest absolute Gasteiger partial charge is 0.118 e. The van der Waals surface area contributed by atoms with Crippen LogP contribution in [0.2, 0.25) is 0 Å². The van der Waals surface area contributed by atoms with E-state index in [-0.39, 0.29) is 12.4 Å². The summed E-state index contributed by atoms with van der Waals surface area (Å²) in [5.74, 6) is 0.935. The lowest BCUT2D eigenvalue weighted by Gasteiger charge is -2.21. The Morgan fingerprint density at radius 3 is 2.38 bits per heavy atom. The predicted octanol–water partition coefficient (Wildman–Crippen LogP) is 2.96. The van der Waals surface area contributed by atoms with Crippen molar-refractivity contribution in [3.05, 3.63) is 24.3 Å². The molecule has 1 saturated heterocycles. The molecular weight excluding hydrogens is 242 g/mol. The van der Waals surface area contributed by atoms with Crippen LogP contribution in [0.1, 0.15) is 12.8 Å². The van der Waals surface area contributed by atoms with Gasteiger partial charge in [-0.2, -0.15) is 0 Å². The van der Waals surface area contributed by atoms with Crippen molar-refractivity contribution in [3.8, 4) is 5.75 Å². The minimum atomic E-state index is 0. The Morgan fingerprint density at radius 1 is 1.19 bits per heavy atom. The summed E-state index contributed by atoms with van der Waals surface area (Å²) in [5.41, 5.74) is 0. The summed E-state index contributed by atoms with van der Waals surface area (Å²) < 4.78 is 5.14. The van der Waals surface area contributed by atoms with Crippen molar-refractivity contribution in [1.82, 2.24) is 5.32 Å². The summed E-state index contributed by atoms with van der Waals surface area (Å²) in [6, 6.07) is 8.35. The average molecular weight is 260 g/mol. The minimum Gasteiger partial charge on any atom is -0.497 e. The number of thioether (sulfide) groups is 1. The molecule has 16 heavy (non-hydrogen) atoms. The number of nitrogens with one attached hydrogen (secondary N) is 1. The van der Waals surface area contributed by atoms with Gasteiger partial charge in [0, 0.05) is 10.1 Å². The summed E-state index contributed by atoms with van der Waals surface area (Å²) in [6.07, 6.45) is 2.55. The molecule has 0 aromatic heterocycles. The van der Waals surface area contributed by atoms with Gasteiger partial charge >= 0.3 is 0 Å². The molecule has 0 spiro atoms. The minimum absolute atomic E-state index is 0. The molecule has 0 unspecified atom stereocenters. The van der Waals surface area contributed by atoms with Crippen LogP contribution in [0.5, 0.6) is 5.75 Å². The Balaban J connectivity index is 0.00000128. The maximum atomic E-state index is 5.14. The third-order valence-electron chi connectivity index (χ3n) is 2.65. The molecule has 1 fully saturated rings. The van der Waals surface area contributed by atoms with E-state index < -0.39 is 0 Å². The topological polar surface area (TPSA) is 21.3 Å². The Labute approximate surface area is 108 Å². The predicted molar refractivity (Wildman–Crippen MR) is 72.0 cm³/mol. The van der Waals surface area contributed by atoms with E-state index in [4.69, 9.17) is 4.74 Å². The highest BCUT2D eigenvalue weighted by Gasteiger charge is 2.13. The molecule has 90 valence electrons. The molecule has 2 rings (SSSR count). The van der Waals surface area contributed by atoms with Crippen LogP contribution in [0.25, 0.3) is 0 Å². The van der Waals surface area contributed by atoms with Crippen LogP contribution >= 0.6 is 24.2 Å². The second kappa shape index (κ2) is 7.05. The molecule has 1 N–H and O–H groups in total. The second-order valence-electron chi connectivity index (χ2n) is 3.74. The van der Waals surface area contributed by atoms with E-state index in [0.717, 1.165) is 24.1 Å². The SMILES string of the molecule is COc1ccc(SC2CCNCC2)cc1.Cl. The number of benzene rings is 1. The van der Waals surface area contributed by atoms with Gasteiger partial charge in [0.05, 0.1) is 7.11 Å². The molecule has 0 bridgehead atoms. The Hall–Kier alpha value is -0.380. The van der Waals surface area contributed by atoms with Crippen molar-refractivity contribution in [2.24, 2.45) is 0 Å². The number of methoxy groups -OCH3 is 1. The van der Waals surface area contributed by atoms with Crippen LogP contribution in [0.15, 0.2) is 29.2 Å². The molecule has 0 amide bonds. The second-order valence-corrected chi connectivity index (χ2v) is 5.12. The maximum absolute atomic E-state index is 5.14. The Bertz CT molecular complexity index is 298. The molecule has 1 aromatic rings. The van der Waals surface area contributed by atoms with Gasteiger partial charge in [-0.25, -0.2) is 0 Å². The molecule has 0 saturated carbocycles. The highest BCUT2D eigenvalue weighted by molar-refractivity contribution is 8.00. The first-order valence-corrected chi connectivity index (χ1v) is 6.28. The summed E-state index contributed by atoms with van der Waals surface area (Å²) in [4.78, 5) is 1.35. The van der Waals surface area contributed by atoms with Gasteiger partial charge in [0.1, 0.15) is 5.75 Å². The van der Waals surface area contributed by atoms with E-state index >= 15 is 0 Å². The van der Waals surface area contributed by atoms with Crippen molar-refractivity contribution in [2.75, 3.05) is 20.2 Å². The van der Waals surface area contributed by atoms with E-state index in [9.17, 15) is 0 Å². The molecule has 1 aromatic carbocycles. The fraction of sp³-hybridized carbons (Fsp3) is 0.500. The van der Waals surface area contributed by atoms with Gasteiger partial charge in [-0.3, -0.25) is 0 Å². The molecule has 2 nitrogen and oxygen atoms in total. The summed E-state index contributed by atoms with van der Waals surface area (Å²) in [7, 11) is 1.70. The molecule has 1 aliphatic rings. The normalized spacial score (nSPS) is 16.6. The Kier molecular flexibility index (Phi) is 6.03. The van der Waals surface area contributed by atoms with E-state index in [0.29, 0.717) is 0 Å². The molecule has 1 heterocycles. The lowest BCUT2D eigenvalue weighted by atomic mass is 10.2. The number of hydrogen-bond acceptors (Lipinski definition) is 3. The fourth-order valence-corrected chi connectivity index (χ4v) is 2.91. The monoisotopic (exact) mass is 259 g/mol. The van der Waals surface area contributed by atoms with Crippen molar-refractivity contribution in [1.29, 1.82) is 0 Å². The third kappa shape index (κ3) is 3.89. The van der Waals surface area contributed by atoms with Crippen LogP contribution in [-0.2, 0) is 0 Å². The van der Waals surface area contributed by atoms with Crippen LogP contribution < -0.4 is 10.1 Å². The van der Waals surface area contributed by atoms with Gasteiger partial charge in [-0.1, -0.05) is 0 Å². The van der Waals surface area contributed by atoms with Crippen LogP contribution in [0.3, 0.4) is 0 Å². The molecule has 0 atom stereocenters. The van der Waals surface area contributed by atoms with E-state index in [1.165, 1.54) is 17.7 Å². The molecular formula is C12H18ClNOS. The third-order valence-corrected chi connectivity index (χ3v) is 4.00. The van der Waals surface area contributed by atoms with E-state index in [2.05, 4.69) is 17.4 Å². The lowest BCUT2D eigenvalue weighted by molar-refractivity contribution is 0.414. The molecule has 1 aliphatic heterocycles. The van der Waals surface area contributed by atoms with Crippen LogP contribution in [-0.4, -0.2) is 25.4 Å². The van der Waals surface area contributed by atoms with E-state index in [1.54, 1.807) is 7.11 Å². The fourth-order valence-electron chi connectivity index (χ4n) is 1.76. The zero-order valence-corrected chi connectivity index (χ0v) is 11.1. The zero-order chi connectivity index (χ0) is 10.5. The quantitative estimate of drug-likeness (QED) is 0.902. The standard InChI is InChI=1S/C12H17NOS.ClH/c1-14-10-2-4-11(5-3-10)15-12-6-8-13-9-7-12;/h2-5,12-13H,6-9H2,1H3;1H. The van der Waals surface area contributed by atoms with Gasteiger partial charge in [0.2, 0.25) is 0 Å². The van der Waals surface area contributed by atoms with Crippen molar-refractivity contribution in [3.63, 3.8) is 0 Å². The molecule has 0 radical (unpaired) electrons. The first-order chi connectivity index (χ1) is 7.38. The Morgan fingerprint density at radius 2 is 1.81 bits per heavy atom. The molecule has 0 aliphatic carbocycles. The number of piperidine rings is 1. The number of rotatable bonds is 3. The summed E-state index contributed by atoms with van der Waals surface area (Å²) in [6.45, 7) is 2.32. The lowest BCUT2D eigenvalue weighted by Crippen LogP contribution is -2.29. The largest absolute Gasteiger partial charge is 0.497 e. The summed E-state index contributed by atoms with van der Waals surface area (Å²) in [5, 5.41) is 4.16. The van der Waals surface area contributed by atoms with Crippen molar-refractivity contribution >= 4 is 24.2 Å². The number of halogens is 1. The maximum Gasteiger partial charge on any atom is 0.118 e. The van der Waals surface area contributed by atoms with E-state index in [1.807, 2.05) is 23.9 Å². The van der Waals surface area contributed by atoms with Crippen LogP contribution in [0.4, 0.5) is 0 Å². The van der Waals surface area contributed by atoms with Crippen molar-refractivity contribution in [2.45, 2.75) is 23.0 Å². The highest BCUT2D eigenvalue weighted by Crippen LogP contribution is 2.29. The van der Waals surface area contributed by atoms with Crippen LogP contribution in [0, 0.1) is 0 Å². The average Bonchev–Trinajstić information content (AvgIpc) is 2.31. The van der Waals surface area contributed by atoms with Gasteiger partial charge in [-0.05, 0) is 50.2 Å². The highest BCUT2D eigenvalue weighted by atomic mass is 35.5. The number of hydrogen-bond donors (Lipinski definition) is 1. The van der Waals surface area contributed by atoms with Crippen molar-refractivity contribution < 1.29 is 4.74 Å². The number of ether oxygens (including phenoxy) is 1. The summed E-state index contributed by atoms with van der Waals surface area (Å²) >= 11 is 1.99.